The summed E-state index contributed by atoms with van der Waals surface area (Å²) in [6.45, 7) is 2.72. The van der Waals surface area contributed by atoms with E-state index in [-0.39, 0.29) is 11.9 Å². The van der Waals surface area contributed by atoms with Gasteiger partial charge in [-0.2, -0.15) is 0 Å². The van der Waals surface area contributed by atoms with Gasteiger partial charge in [0.2, 0.25) is 5.91 Å². The Morgan fingerprint density at radius 3 is 3.20 bits per heavy atom. The Morgan fingerprint density at radius 2 is 2.45 bits per heavy atom. The van der Waals surface area contributed by atoms with Crippen LogP contribution >= 0.6 is 0 Å². The van der Waals surface area contributed by atoms with Crippen LogP contribution in [0.5, 0.6) is 0 Å². The van der Waals surface area contributed by atoms with Gasteiger partial charge in [-0.1, -0.05) is 12.8 Å². The molecule has 2 aromatic rings. The van der Waals surface area contributed by atoms with E-state index < -0.39 is 0 Å². The number of amides is 1. The van der Waals surface area contributed by atoms with Crippen molar-refractivity contribution >= 4 is 16.9 Å². The Balaban J connectivity index is 1.97. The number of terminal acetylenes is 1. The van der Waals surface area contributed by atoms with Crippen molar-refractivity contribution in [2.45, 2.75) is 32.2 Å². The van der Waals surface area contributed by atoms with Gasteiger partial charge in [0.15, 0.2) is 0 Å². The number of likely N-dealkylation sites (tertiary alicyclic amines) is 1. The van der Waals surface area contributed by atoms with Crippen LogP contribution in [-0.4, -0.2) is 27.3 Å². The van der Waals surface area contributed by atoms with E-state index in [2.05, 4.69) is 15.9 Å². The first-order valence-electron chi connectivity index (χ1n) is 6.98. The zero-order valence-electron chi connectivity index (χ0n) is 11.5. The van der Waals surface area contributed by atoms with Gasteiger partial charge in [-0.3, -0.25) is 4.79 Å². The summed E-state index contributed by atoms with van der Waals surface area (Å²) in [7, 11) is 0. The summed E-state index contributed by atoms with van der Waals surface area (Å²) < 4.78 is 0. The zero-order chi connectivity index (χ0) is 14.1. The third-order valence-electron chi connectivity index (χ3n) is 3.86. The van der Waals surface area contributed by atoms with Crippen molar-refractivity contribution in [3.63, 3.8) is 0 Å². The number of aromatic amines is 1. The molecular formula is C16H17N3O. The molecule has 4 nitrogen and oxygen atoms in total. The first kappa shape index (κ1) is 12.7. The highest BCUT2D eigenvalue weighted by Gasteiger charge is 2.31. The highest BCUT2D eigenvalue weighted by molar-refractivity contribution is 5.78. The maximum atomic E-state index is 12.0. The molecular weight excluding hydrogens is 250 g/mol. The van der Waals surface area contributed by atoms with Gasteiger partial charge in [0.25, 0.3) is 0 Å². The van der Waals surface area contributed by atoms with Gasteiger partial charge in [-0.05, 0) is 31.0 Å². The molecule has 1 saturated heterocycles. The van der Waals surface area contributed by atoms with Crippen molar-refractivity contribution in [1.29, 1.82) is 0 Å². The van der Waals surface area contributed by atoms with Crippen molar-refractivity contribution < 1.29 is 4.79 Å². The monoisotopic (exact) mass is 267 g/mol. The number of fused-ring (bicyclic) bond motifs is 1. The van der Waals surface area contributed by atoms with E-state index in [1.807, 2.05) is 30.0 Å². The molecule has 1 aliphatic heterocycles. The molecule has 4 heteroatoms. The van der Waals surface area contributed by atoms with Crippen molar-refractivity contribution in [3.05, 3.63) is 29.6 Å². The normalized spacial score (nSPS) is 18.4. The van der Waals surface area contributed by atoms with Gasteiger partial charge in [-0.25, -0.2) is 4.98 Å². The van der Waals surface area contributed by atoms with Gasteiger partial charge in [0, 0.05) is 18.5 Å². The molecule has 0 spiro atoms. The molecule has 20 heavy (non-hydrogen) atoms. The van der Waals surface area contributed by atoms with Crippen LogP contribution in [-0.2, 0) is 4.79 Å². The minimum Gasteiger partial charge on any atom is -0.340 e. The first-order chi connectivity index (χ1) is 9.72. The smallest absolute Gasteiger partial charge is 0.222 e. The number of hydrogen-bond donors (Lipinski definition) is 1. The van der Waals surface area contributed by atoms with Crippen LogP contribution in [0, 0.1) is 12.3 Å². The van der Waals surface area contributed by atoms with Gasteiger partial charge in [-0.15, -0.1) is 6.42 Å². The summed E-state index contributed by atoms with van der Waals surface area (Å²) in [6, 6.07) is 5.80. The molecule has 0 unspecified atom stereocenters. The number of imidazole rings is 1. The standard InChI is InChI=1S/C16H17N3O/c1-3-11-7-8-12-13(10-11)18-16(17-12)14-6-5-9-19(14)15(20)4-2/h1,7-8,10,14H,4-6,9H2,2H3,(H,17,18)/t14-/m0/s1. The summed E-state index contributed by atoms with van der Waals surface area (Å²) in [5, 5.41) is 0. The molecule has 2 heterocycles. The number of benzene rings is 1. The molecule has 102 valence electrons. The Bertz CT molecular complexity index is 695. The third-order valence-corrected chi connectivity index (χ3v) is 3.86. The Labute approximate surface area is 118 Å². The number of nitrogens with one attached hydrogen (secondary N) is 1. The fraction of sp³-hybridized carbons (Fsp3) is 0.375. The number of rotatable bonds is 2. The maximum absolute atomic E-state index is 12.0. The number of H-pyrrole nitrogens is 1. The average molecular weight is 267 g/mol. The summed E-state index contributed by atoms with van der Waals surface area (Å²) in [6.07, 6.45) is 7.95. The average Bonchev–Trinajstić information content (AvgIpc) is 3.11. The van der Waals surface area contributed by atoms with Crippen molar-refractivity contribution in [2.24, 2.45) is 0 Å². The van der Waals surface area contributed by atoms with Crippen LogP contribution in [0.2, 0.25) is 0 Å². The largest absolute Gasteiger partial charge is 0.340 e. The van der Waals surface area contributed by atoms with Crippen LogP contribution < -0.4 is 0 Å². The summed E-state index contributed by atoms with van der Waals surface area (Å²) in [4.78, 5) is 21.8. The lowest BCUT2D eigenvalue weighted by Crippen LogP contribution is -2.30. The molecule has 1 N–H and O–H groups in total. The molecule has 1 aromatic carbocycles. The molecule has 3 rings (SSSR count). The zero-order valence-corrected chi connectivity index (χ0v) is 11.5. The number of carbonyl (C=O) groups excluding carboxylic acids is 1. The lowest BCUT2D eigenvalue weighted by molar-refractivity contribution is -0.131. The Hall–Kier alpha value is -2.28. The fourth-order valence-electron chi connectivity index (χ4n) is 2.83. The predicted octanol–water partition coefficient (Wildman–Crippen LogP) is 2.62. The van der Waals surface area contributed by atoms with Crippen LogP contribution in [0.4, 0.5) is 0 Å². The van der Waals surface area contributed by atoms with Gasteiger partial charge >= 0.3 is 0 Å². The number of aromatic nitrogens is 2. The molecule has 0 bridgehead atoms. The number of nitrogens with zero attached hydrogens (tertiary/aromatic N) is 2. The van der Waals surface area contributed by atoms with E-state index >= 15 is 0 Å². The van der Waals surface area contributed by atoms with E-state index in [1.54, 1.807) is 0 Å². The molecule has 0 aliphatic carbocycles. The summed E-state index contributed by atoms with van der Waals surface area (Å²) in [5.41, 5.74) is 2.67. The van der Waals surface area contributed by atoms with E-state index in [0.717, 1.165) is 41.8 Å². The van der Waals surface area contributed by atoms with E-state index in [4.69, 9.17) is 6.42 Å². The molecule has 1 aliphatic rings. The number of carbonyl (C=O) groups is 1. The fourth-order valence-corrected chi connectivity index (χ4v) is 2.83. The molecule has 1 aromatic heterocycles. The van der Waals surface area contributed by atoms with Crippen LogP contribution in [0.3, 0.4) is 0 Å². The summed E-state index contributed by atoms with van der Waals surface area (Å²) >= 11 is 0. The Kier molecular flexibility index (Phi) is 3.19. The minimum absolute atomic E-state index is 0.0733. The van der Waals surface area contributed by atoms with Crippen molar-refractivity contribution in [1.82, 2.24) is 14.9 Å². The van der Waals surface area contributed by atoms with Crippen LogP contribution in [0.1, 0.15) is 43.6 Å². The van der Waals surface area contributed by atoms with E-state index in [1.165, 1.54) is 0 Å². The van der Waals surface area contributed by atoms with Gasteiger partial charge in [0.1, 0.15) is 5.82 Å². The quantitative estimate of drug-likeness (QED) is 0.850. The lowest BCUT2D eigenvalue weighted by atomic mass is 10.2. The molecule has 0 radical (unpaired) electrons. The molecule has 1 amide bonds. The third kappa shape index (κ3) is 2.05. The van der Waals surface area contributed by atoms with E-state index in [9.17, 15) is 4.79 Å². The highest BCUT2D eigenvalue weighted by Crippen LogP contribution is 2.31. The number of hydrogen-bond acceptors (Lipinski definition) is 2. The van der Waals surface area contributed by atoms with E-state index in [0.29, 0.717) is 6.42 Å². The lowest BCUT2D eigenvalue weighted by Gasteiger charge is -2.22. The Morgan fingerprint density at radius 1 is 1.60 bits per heavy atom. The highest BCUT2D eigenvalue weighted by atomic mass is 16.2. The maximum Gasteiger partial charge on any atom is 0.222 e. The first-order valence-corrected chi connectivity index (χ1v) is 6.98. The second kappa shape index (κ2) is 5.01. The van der Waals surface area contributed by atoms with Gasteiger partial charge < -0.3 is 9.88 Å². The van der Waals surface area contributed by atoms with Gasteiger partial charge in [0.05, 0.1) is 17.1 Å². The second-order valence-corrected chi connectivity index (χ2v) is 5.10. The van der Waals surface area contributed by atoms with Crippen LogP contribution in [0.25, 0.3) is 11.0 Å². The van der Waals surface area contributed by atoms with Crippen molar-refractivity contribution in [3.8, 4) is 12.3 Å². The second-order valence-electron chi connectivity index (χ2n) is 5.10. The molecule has 1 atom stereocenters. The predicted molar refractivity (Wildman–Crippen MR) is 78.0 cm³/mol. The molecule has 0 saturated carbocycles. The molecule has 1 fully saturated rings. The van der Waals surface area contributed by atoms with Crippen LogP contribution in [0.15, 0.2) is 18.2 Å². The SMILES string of the molecule is C#Cc1ccc2nc([C@@H]3CCCN3C(=O)CC)[nH]c2c1. The minimum atomic E-state index is 0.0733. The van der Waals surface area contributed by atoms with Crippen molar-refractivity contribution in [2.75, 3.05) is 6.54 Å². The summed E-state index contributed by atoms with van der Waals surface area (Å²) in [5.74, 6) is 3.68. The topological polar surface area (TPSA) is 49.0 Å².